The number of benzene rings is 1. The maximum atomic E-state index is 13.3. The average Bonchev–Trinajstić information content (AvgIpc) is 2.68. The van der Waals surface area contributed by atoms with Gasteiger partial charge in [-0.25, -0.2) is 4.39 Å². The van der Waals surface area contributed by atoms with Crippen molar-refractivity contribution in [3.05, 3.63) is 33.1 Å². The molecule has 1 heterocycles. The largest absolute Gasteiger partial charge is 0.338 e. The molecule has 1 aliphatic rings. The van der Waals surface area contributed by atoms with E-state index in [0.717, 1.165) is 19.5 Å². The zero-order valence-electron chi connectivity index (χ0n) is 9.04. The van der Waals surface area contributed by atoms with Crippen LogP contribution in [-0.2, 0) is 0 Å². The van der Waals surface area contributed by atoms with Gasteiger partial charge in [0.25, 0.3) is 5.91 Å². The van der Waals surface area contributed by atoms with Gasteiger partial charge in [-0.3, -0.25) is 4.79 Å². The van der Waals surface area contributed by atoms with Crippen LogP contribution in [0, 0.1) is 15.3 Å². The lowest BCUT2D eigenvalue weighted by Crippen LogP contribution is -2.28. The van der Waals surface area contributed by atoms with Crippen LogP contribution in [0.5, 0.6) is 0 Å². The zero-order chi connectivity index (χ0) is 11.7. The van der Waals surface area contributed by atoms with Crippen LogP contribution in [0.2, 0.25) is 0 Å². The van der Waals surface area contributed by atoms with Crippen molar-refractivity contribution in [3.63, 3.8) is 0 Å². The Morgan fingerprint density at radius 1 is 1.56 bits per heavy atom. The first-order valence-corrected chi connectivity index (χ1v) is 6.40. The Labute approximate surface area is 108 Å². The summed E-state index contributed by atoms with van der Waals surface area (Å²) in [7, 11) is 0. The highest BCUT2D eigenvalue weighted by molar-refractivity contribution is 14.1. The number of halogens is 2. The van der Waals surface area contributed by atoms with E-state index in [9.17, 15) is 9.18 Å². The first-order valence-electron chi connectivity index (χ1n) is 5.32. The minimum absolute atomic E-state index is 0.0559. The van der Waals surface area contributed by atoms with Gasteiger partial charge in [-0.1, -0.05) is 6.92 Å². The molecule has 1 aromatic rings. The van der Waals surface area contributed by atoms with E-state index >= 15 is 0 Å². The maximum absolute atomic E-state index is 13.3. The van der Waals surface area contributed by atoms with E-state index in [1.165, 1.54) is 6.07 Å². The van der Waals surface area contributed by atoms with Gasteiger partial charge in [0, 0.05) is 22.2 Å². The van der Waals surface area contributed by atoms with Gasteiger partial charge >= 0.3 is 0 Å². The fourth-order valence-corrected chi connectivity index (χ4v) is 2.27. The summed E-state index contributed by atoms with van der Waals surface area (Å²) in [6, 6.07) is 4.66. The topological polar surface area (TPSA) is 20.3 Å². The molecule has 0 aliphatic carbocycles. The van der Waals surface area contributed by atoms with Gasteiger partial charge < -0.3 is 4.90 Å². The molecule has 86 valence electrons. The van der Waals surface area contributed by atoms with Gasteiger partial charge in [-0.05, 0) is 53.1 Å². The lowest BCUT2D eigenvalue weighted by Gasteiger charge is -2.15. The second-order valence-corrected chi connectivity index (χ2v) is 5.44. The molecule has 2 nitrogen and oxygen atoms in total. The van der Waals surface area contributed by atoms with Gasteiger partial charge in [-0.15, -0.1) is 0 Å². The highest BCUT2D eigenvalue weighted by Crippen LogP contribution is 2.19. The van der Waals surface area contributed by atoms with Crippen molar-refractivity contribution in [2.24, 2.45) is 5.92 Å². The summed E-state index contributed by atoms with van der Waals surface area (Å²) in [6.45, 7) is 3.70. The van der Waals surface area contributed by atoms with Crippen LogP contribution in [0.3, 0.4) is 0 Å². The van der Waals surface area contributed by atoms with Gasteiger partial charge in [0.15, 0.2) is 0 Å². The number of likely N-dealkylation sites (tertiary alicyclic amines) is 1. The minimum atomic E-state index is -0.321. The molecule has 0 spiro atoms. The summed E-state index contributed by atoms with van der Waals surface area (Å²) in [5.41, 5.74) is 0.451. The molecule has 1 aliphatic heterocycles. The molecule has 0 saturated carbocycles. The Bertz CT molecular complexity index is 421. The van der Waals surface area contributed by atoms with Crippen LogP contribution >= 0.6 is 22.6 Å². The Morgan fingerprint density at radius 3 is 2.88 bits per heavy atom. The average molecular weight is 333 g/mol. The Kier molecular flexibility index (Phi) is 3.47. The number of amides is 1. The number of carbonyl (C=O) groups excluding carboxylic acids is 1. The maximum Gasteiger partial charge on any atom is 0.253 e. The quantitative estimate of drug-likeness (QED) is 0.724. The summed E-state index contributed by atoms with van der Waals surface area (Å²) in [4.78, 5) is 13.8. The van der Waals surface area contributed by atoms with Crippen molar-refractivity contribution in [2.45, 2.75) is 13.3 Å². The van der Waals surface area contributed by atoms with Crippen molar-refractivity contribution in [1.82, 2.24) is 4.90 Å². The highest BCUT2D eigenvalue weighted by atomic mass is 127. The monoisotopic (exact) mass is 333 g/mol. The highest BCUT2D eigenvalue weighted by Gasteiger charge is 2.24. The van der Waals surface area contributed by atoms with E-state index < -0.39 is 0 Å². The standard InChI is InChI=1S/C12H13FINO/c1-8-4-5-15(7-8)12(16)9-2-3-11(14)10(13)6-9/h2-3,6,8H,4-5,7H2,1H3. The second kappa shape index (κ2) is 4.69. The van der Waals surface area contributed by atoms with Crippen molar-refractivity contribution in [2.75, 3.05) is 13.1 Å². The molecule has 1 fully saturated rings. The lowest BCUT2D eigenvalue weighted by molar-refractivity contribution is 0.0787. The number of hydrogen-bond donors (Lipinski definition) is 0. The number of carbonyl (C=O) groups is 1. The summed E-state index contributed by atoms with van der Waals surface area (Å²) < 4.78 is 13.9. The predicted octanol–water partition coefficient (Wildman–Crippen LogP) is 2.91. The lowest BCUT2D eigenvalue weighted by atomic mass is 10.2. The number of hydrogen-bond acceptors (Lipinski definition) is 1. The van der Waals surface area contributed by atoms with Crippen LogP contribution < -0.4 is 0 Å². The second-order valence-electron chi connectivity index (χ2n) is 4.27. The summed E-state index contributed by atoms with van der Waals surface area (Å²) in [5, 5.41) is 0. The van der Waals surface area contributed by atoms with E-state index in [1.807, 2.05) is 22.6 Å². The van der Waals surface area contributed by atoms with E-state index in [1.54, 1.807) is 17.0 Å². The third-order valence-corrected chi connectivity index (χ3v) is 3.75. The fourth-order valence-electron chi connectivity index (χ4n) is 1.93. The third-order valence-electron chi connectivity index (χ3n) is 2.88. The molecule has 2 rings (SSSR count). The Morgan fingerprint density at radius 2 is 2.31 bits per heavy atom. The van der Waals surface area contributed by atoms with Crippen molar-refractivity contribution >= 4 is 28.5 Å². The minimum Gasteiger partial charge on any atom is -0.338 e. The van der Waals surface area contributed by atoms with Crippen molar-refractivity contribution < 1.29 is 9.18 Å². The molecule has 1 saturated heterocycles. The Hall–Kier alpha value is -0.650. The molecule has 1 unspecified atom stereocenters. The predicted molar refractivity (Wildman–Crippen MR) is 68.8 cm³/mol. The SMILES string of the molecule is CC1CCN(C(=O)c2ccc(I)c(F)c2)C1. The zero-order valence-corrected chi connectivity index (χ0v) is 11.2. The summed E-state index contributed by atoms with van der Waals surface area (Å²) in [6.07, 6.45) is 1.04. The van der Waals surface area contributed by atoms with Crippen LogP contribution in [0.15, 0.2) is 18.2 Å². The fraction of sp³-hybridized carbons (Fsp3) is 0.417. The van der Waals surface area contributed by atoms with Crippen molar-refractivity contribution in [3.8, 4) is 0 Å². The van der Waals surface area contributed by atoms with Gasteiger partial charge in [-0.2, -0.15) is 0 Å². The molecule has 4 heteroatoms. The van der Waals surface area contributed by atoms with Crippen LogP contribution in [-0.4, -0.2) is 23.9 Å². The molecular formula is C12H13FINO. The van der Waals surface area contributed by atoms with Gasteiger partial charge in [0.2, 0.25) is 0 Å². The first kappa shape index (κ1) is 11.8. The van der Waals surface area contributed by atoms with E-state index in [2.05, 4.69) is 6.92 Å². The molecule has 1 aromatic carbocycles. The molecule has 0 radical (unpaired) electrons. The summed E-state index contributed by atoms with van der Waals surface area (Å²) >= 11 is 1.92. The smallest absolute Gasteiger partial charge is 0.253 e. The Balaban J connectivity index is 2.18. The van der Waals surface area contributed by atoms with Crippen LogP contribution in [0.4, 0.5) is 4.39 Å². The molecule has 0 aromatic heterocycles. The number of rotatable bonds is 1. The molecular weight excluding hydrogens is 320 g/mol. The summed E-state index contributed by atoms with van der Waals surface area (Å²) in [5.74, 6) is 0.177. The molecule has 0 bridgehead atoms. The normalized spacial score (nSPS) is 20.2. The van der Waals surface area contributed by atoms with E-state index in [4.69, 9.17) is 0 Å². The molecule has 16 heavy (non-hydrogen) atoms. The van der Waals surface area contributed by atoms with E-state index in [-0.39, 0.29) is 11.7 Å². The first-order chi connectivity index (χ1) is 7.58. The number of nitrogens with zero attached hydrogens (tertiary/aromatic N) is 1. The molecule has 1 atom stereocenters. The van der Waals surface area contributed by atoms with Crippen LogP contribution in [0.1, 0.15) is 23.7 Å². The molecule has 0 N–H and O–H groups in total. The van der Waals surface area contributed by atoms with Crippen LogP contribution in [0.25, 0.3) is 0 Å². The van der Waals surface area contributed by atoms with Gasteiger partial charge in [0.1, 0.15) is 5.82 Å². The van der Waals surface area contributed by atoms with Crippen molar-refractivity contribution in [1.29, 1.82) is 0 Å². The van der Waals surface area contributed by atoms with Gasteiger partial charge in [0.05, 0.1) is 0 Å². The van der Waals surface area contributed by atoms with E-state index in [0.29, 0.717) is 15.1 Å². The molecule has 1 amide bonds. The third kappa shape index (κ3) is 2.36.